The minimum Gasteiger partial charge on any atom is -0.481 e. The molecule has 6 heteroatoms. The summed E-state index contributed by atoms with van der Waals surface area (Å²) >= 11 is 3.25. The highest BCUT2D eigenvalue weighted by Gasteiger charge is 2.25. The number of aliphatic carboxylic acids is 1. The van der Waals surface area contributed by atoms with Crippen molar-refractivity contribution >= 4 is 33.5 Å². The summed E-state index contributed by atoms with van der Waals surface area (Å²) in [7, 11) is 0. The molecule has 0 radical (unpaired) electrons. The molecular weight excluding hydrogens is 288 g/mol. The number of hydrogen-bond donors (Lipinski definition) is 2. The van der Waals surface area contributed by atoms with Gasteiger partial charge in [-0.2, -0.15) is 0 Å². The molecule has 0 aliphatic rings. The van der Waals surface area contributed by atoms with Gasteiger partial charge in [-0.1, -0.05) is 13.8 Å². The van der Waals surface area contributed by atoms with Crippen LogP contribution in [0.3, 0.4) is 0 Å². The second-order valence-corrected chi connectivity index (χ2v) is 4.61. The number of carboxylic acid groups (broad SMARTS) is 1. The molecule has 0 aliphatic carbocycles. The lowest BCUT2D eigenvalue weighted by Crippen LogP contribution is -2.30. The average molecular weight is 301 g/mol. The zero-order valence-electron chi connectivity index (χ0n) is 9.48. The molecule has 2 unspecified atom stereocenters. The number of carbonyl (C=O) groups is 2. The third-order valence-electron chi connectivity index (χ3n) is 2.58. The van der Waals surface area contributed by atoms with Gasteiger partial charge in [-0.15, -0.1) is 0 Å². The van der Waals surface area contributed by atoms with Crippen LogP contribution in [0.1, 0.15) is 13.8 Å². The Morgan fingerprint density at radius 1 is 1.41 bits per heavy atom. The van der Waals surface area contributed by atoms with Crippen molar-refractivity contribution < 1.29 is 14.7 Å². The van der Waals surface area contributed by atoms with Crippen LogP contribution in [0.2, 0.25) is 0 Å². The number of hydrogen-bond acceptors (Lipinski definition) is 3. The van der Waals surface area contributed by atoms with E-state index in [0.29, 0.717) is 10.2 Å². The number of carboxylic acids is 1. The van der Waals surface area contributed by atoms with Crippen LogP contribution in [0.25, 0.3) is 0 Å². The number of carbonyl (C=O) groups excluding carboxylic acids is 1. The molecule has 1 heterocycles. The van der Waals surface area contributed by atoms with Crippen LogP contribution in [0.4, 0.5) is 5.69 Å². The summed E-state index contributed by atoms with van der Waals surface area (Å²) in [6.07, 6.45) is 3.10. The molecule has 0 spiro atoms. The smallest absolute Gasteiger partial charge is 0.307 e. The second-order valence-electron chi connectivity index (χ2n) is 3.76. The minimum atomic E-state index is -0.985. The molecule has 1 amide bonds. The van der Waals surface area contributed by atoms with Gasteiger partial charge in [0, 0.05) is 18.3 Å². The van der Waals surface area contributed by atoms with Gasteiger partial charge in [0.1, 0.15) is 0 Å². The predicted octanol–water partition coefficient (Wildman–Crippen LogP) is 2.14. The molecule has 1 aromatic rings. The molecule has 92 valence electrons. The van der Waals surface area contributed by atoms with Crippen LogP contribution in [0.5, 0.6) is 0 Å². The lowest BCUT2D eigenvalue weighted by Gasteiger charge is -2.16. The number of rotatable bonds is 4. The van der Waals surface area contributed by atoms with E-state index in [1.165, 1.54) is 6.92 Å². The van der Waals surface area contributed by atoms with Crippen molar-refractivity contribution in [2.45, 2.75) is 13.8 Å². The Labute approximate surface area is 107 Å². The molecule has 0 fully saturated rings. The summed E-state index contributed by atoms with van der Waals surface area (Å²) < 4.78 is 0.656. The van der Waals surface area contributed by atoms with E-state index < -0.39 is 17.8 Å². The number of aromatic nitrogens is 1. The first-order chi connectivity index (χ1) is 7.93. The summed E-state index contributed by atoms with van der Waals surface area (Å²) in [5, 5.41) is 11.5. The van der Waals surface area contributed by atoms with Gasteiger partial charge in [0.15, 0.2) is 0 Å². The third kappa shape index (κ3) is 3.52. The van der Waals surface area contributed by atoms with E-state index in [1.54, 1.807) is 25.4 Å². The highest BCUT2D eigenvalue weighted by atomic mass is 79.9. The van der Waals surface area contributed by atoms with E-state index in [2.05, 4.69) is 26.2 Å². The van der Waals surface area contributed by atoms with Gasteiger partial charge >= 0.3 is 5.97 Å². The molecule has 2 N–H and O–H groups in total. The fourth-order valence-corrected chi connectivity index (χ4v) is 1.51. The molecule has 5 nitrogen and oxygen atoms in total. The monoisotopic (exact) mass is 300 g/mol. The summed E-state index contributed by atoms with van der Waals surface area (Å²) in [4.78, 5) is 26.4. The summed E-state index contributed by atoms with van der Waals surface area (Å²) in [6.45, 7) is 3.09. The Morgan fingerprint density at radius 3 is 2.59 bits per heavy atom. The topological polar surface area (TPSA) is 79.3 Å². The maximum atomic E-state index is 11.8. The Hall–Kier alpha value is -1.43. The Balaban J connectivity index is 2.73. The van der Waals surface area contributed by atoms with E-state index in [4.69, 9.17) is 5.11 Å². The van der Waals surface area contributed by atoms with Crippen molar-refractivity contribution in [2.24, 2.45) is 11.8 Å². The van der Waals surface area contributed by atoms with Crippen molar-refractivity contribution in [1.82, 2.24) is 4.98 Å². The van der Waals surface area contributed by atoms with Gasteiger partial charge in [0.25, 0.3) is 0 Å². The number of halogens is 1. The van der Waals surface area contributed by atoms with E-state index in [0.717, 1.165) is 0 Å². The first-order valence-corrected chi connectivity index (χ1v) is 5.86. The van der Waals surface area contributed by atoms with Gasteiger partial charge in [0.05, 0.1) is 16.1 Å². The second kappa shape index (κ2) is 5.77. The van der Waals surface area contributed by atoms with Crippen LogP contribution in [-0.4, -0.2) is 22.0 Å². The highest BCUT2D eigenvalue weighted by Crippen LogP contribution is 2.22. The molecular formula is C11H13BrN2O3. The van der Waals surface area contributed by atoms with Gasteiger partial charge in [-0.3, -0.25) is 14.6 Å². The predicted molar refractivity (Wildman–Crippen MR) is 66.5 cm³/mol. The van der Waals surface area contributed by atoms with Crippen molar-refractivity contribution in [3.05, 3.63) is 22.9 Å². The van der Waals surface area contributed by atoms with Crippen LogP contribution in [-0.2, 0) is 9.59 Å². The largest absolute Gasteiger partial charge is 0.481 e. The van der Waals surface area contributed by atoms with E-state index in [9.17, 15) is 9.59 Å². The fourth-order valence-electron chi connectivity index (χ4n) is 1.16. The Morgan fingerprint density at radius 2 is 2.06 bits per heavy atom. The van der Waals surface area contributed by atoms with Crippen molar-refractivity contribution in [2.75, 3.05) is 5.32 Å². The fraction of sp³-hybridized carbons (Fsp3) is 0.364. The number of amides is 1. The molecule has 0 bridgehead atoms. The third-order valence-corrected chi connectivity index (χ3v) is 3.22. The average Bonchev–Trinajstić information content (AvgIpc) is 2.30. The molecule has 1 rings (SSSR count). The molecule has 0 saturated carbocycles. The molecule has 0 saturated heterocycles. The molecule has 2 atom stereocenters. The lowest BCUT2D eigenvalue weighted by atomic mass is 9.95. The number of nitrogens with one attached hydrogen (secondary N) is 1. The van der Waals surface area contributed by atoms with E-state index >= 15 is 0 Å². The van der Waals surface area contributed by atoms with Crippen molar-refractivity contribution in [1.29, 1.82) is 0 Å². The quantitative estimate of drug-likeness (QED) is 0.893. The number of anilines is 1. The summed E-state index contributed by atoms with van der Waals surface area (Å²) in [6, 6.07) is 1.64. The summed E-state index contributed by atoms with van der Waals surface area (Å²) in [5.74, 6) is -2.64. The Bertz CT molecular complexity index is 436. The van der Waals surface area contributed by atoms with Gasteiger partial charge < -0.3 is 10.4 Å². The zero-order valence-corrected chi connectivity index (χ0v) is 11.1. The van der Waals surface area contributed by atoms with Crippen LogP contribution in [0, 0.1) is 11.8 Å². The highest BCUT2D eigenvalue weighted by molar-refractivity contribution is 9.10. The van der Waals surface area contributed by atoms with Gasteiger partial charge in [-0.05, 0) is 22.0 Å². The molecule has 1 aromatic heterocycles. The number of nitrogens with zero attached hydrogens (tertiary/aromatic N) is 1. The van der Waals surface area contributed by atoms with Gasteiger partial charge in [0.2, 0.25) is 5.91 Å². The Kier molecular flexibility index (Phi) is 4.62. The standard InChI is InChI=1S/C11H13BrN2O3/c1-6(7(2)11(16)17)10(15)14-9-3-4-13-5-8(9)12/h3-7H,1-2H3,(H,16,17)(H,13,14,15). The SMILES string of the molecule is CC(C(=O)O)C(C)C(=O)Nc1ccncc1Br. The maximum absolute atomic E-state index is 11.8. The first kappa shape index (κ1) is 13.6. The van der Waals surface area contributed by atoms with Crippen LogP contribution in [0.15, 0.2) is 22.9 Å². The van der Waals surface area contributed by atoms with Crippen molar-refractivity contribution in [3.63, 3.8) is 0 Å². The van der Waals surface area contributed by atoms with E-state index in [1.807, 2.05) is 0 Å². The minimum absolute atomic E-state index is 0.327. The molecule has 0 aromatic carbocycles. The summed E-state index contributed by atoms with van der Waals surface area (Å²) in [5.41, 5.74) is 0.578. The molecule has 0 aliphatic heterocycles. The van der Waals surface area contributed by atoms with Crippen LogP contribution < -0.4 is 5.32 Å². The number of pyridine rings is 1. The van der Waals surface area contributed by atoms with Crippen molar-refractivity contribution in [3.8, 4) is 0 Å². The zero-order chi connectivity index (χ0) is 13.0. The lowest BCUT2D eigenvalue weighted by molar-refractivity contribution is -0.145. The van der Waals surface area contributed by atoms with Crippen LogP contribution >= 0.6 is 15.9 Å². The first-order valence-electron chi connectivity index (χ1n) is 5.06. The maximum Gasteiger partial charge on any atom is 0.307 e. The normalized spacial score (nSPS) is 13.8. The van der Waals surface area contributed by atoms with Gasteiger partial charge in [-0.25, -0.2) is 0 Å². The molecule has 17 heavy (non-hydrogen) atoms. The van der Waals surface area contributed by atoms with E-state index in [-0.39, 0.29) is 5.91 Å².